The summed E-state index contributed by atoms with van der Waals surface area (Å²) in [6.45, 7) is 0. The van der Waals surface area contributed by atoms with Crippen molar-refractivity contribution >= 4 is 0 Å². The highest BCUT2D eigenvalue weighted by Crippen LogP contribution is 2.54. The summed E-state index contributed by atoms with van der Waals surface area (Å²) in [5, 5.41) is 0. The van der Waals surface area contributed by atoms with Gasteiger partial charge in [-0.3, -0.25) is 0 Å². The first kappa shape index (κ1) is 11.1. The van der Waals surface area contributed by atoms with Crippen molar-refractivity contribution < 1.29 is 0 Å². The first-order chi connectivity index (χ1) is 8.95. The van der Waals surface area contributed by atoms with E-state index in [1.165, 1.54) is 51.4 Å². The van der Waals surface area contributed by atoms with Crippen LogP contribution in [0.3, 0.4) is 0 Å². The van der Waals surface area contributed by atoms with E-state index in [1.807, 2.05) is 5.57 Å². The largest absolute Gasteiger partial charge is 0.0767 e. The number of hydrogen-bond donors (Lipinski definition) is 0. The van der Waals surface area contributed by atoms with Crippen molar-refractivity contribution in [1.82, 2.24) is 0 Å². The Labute approximate surface area is 111 Å². The van der Waals surface area contributed by atoms with Gasteiger partial charge in [0.1, 0.15) is 0 Å². The molecule has 0 amide bonds. The third-order valence-corrected chi connectivity index (χ3v) is 5.95. The van der Waals surface area contributed by atoms with Crippen LogP contribution in [-0.4, -0.2) is 0 Å². The van der Waals surface area contributed by atoms with Gasteiger partial charge in [-0.15, -0.1) is 0 Å². The molecule has 2 fully saturated rings. The number of rotatable bonds is 0. The molecule has 0 unspecified atom stereocenters. The molecule has 0 heterocycles. The molecule has 0 nitrogen and oxygen atoms in total. The summed E-state index contributed by atoms with van der Waals surface area (Å²) in [5.41, 5.74) is 3.61. The molecular weight excluding hydrogens is 216 g/mol. The minimum Gasteiger partial charge on any atom is -0.0767 e. The van der Waals surface area contributed by atoms with Gasteiger partial charge in [0.15, 0.2) is 0 Å². The fraction of sp³-hybridized carbons (Fsp3) is 0.667. The Balaban J connectivity index is 1.80. The van der Waals surface area contributed by atoms with Gasteiger partial charge in [-0.1, -0.05) is 49.1 Å². The minimum absolute atomic E-state index is 0.782. The molecule has 0 aromatic rings. The van der Waals surface area contributed by atoms with Gasteiger partial charge in [0.2, 0.25) is 0 Å². The van der Waals surface area contributed by atoms with Gasteiger partial charge >= 0.3 is 0 Å². The molecular formula is C18H24. The zero-order valence-electron chi connectivity index (χ0n) is 11.3. The van der Waals surface area contributed by atoms with Gasteiger partial charge in [0.05, 0.1) is 0 Å². The minimum atomic E-state index is 0.782. The normalized spacial score (nSPS) is 42.2. The van der Waals surface area contributed by atoms with E-state index >= 15 is 0 Å². The Hall–Kier alpha value is -0.780. The van der Waals surface area contributed by atoms with Crippen molar-refractivity contribution in [3.8, 4) is 0 Å². The van der Waals surface area contributed by atoms with Crippen molar-refractivity contribution in [2.45, 2.75) is 51.4 Å². The lowest BCUT2D eigenvalue weighted by atomic mass is 9.56. The third kappa shape index (κ3) is 1.57. The van der Waals surface area contributed by atoms with Gasteiger partial charge in [-0.2, -0.15) is 0 Å². The van der Waals surface area contributed by atoms with E-state index in [1.54, 1.807) is 5.57 Å². The van der Waals surface area contributed by atoms with Crippen LogP contribution in [0.25, 0.3) is 0 Å². The molecule has 0 heteroatoms. The van der Waals surface area contributed by atoms with Crippen LogP contribution >= 0.6 is 0 Å². The molecule has 0 spiro atoms. The van der Waals surface area contributed by atoms with E-state index in [0.29, 0.717) is 0 Å². The van der Waals surface area contributed by atoms with Crippen LogP contribution < -0.4 is 0 Å². The van der Waals surface area contributed by atoms with E-state index in [4.69, 9.17) is 0 Å². The number of fused-ring (bicyclic) bond motifs is 5. The van der Waals surface area contributed by atoms with Crippen LogP contribution in [0.4, 0.5) is 0 Å². The van der Waals surface area contributed by atoms with Crippen molar-refractivity contribution in [2.24, 2.45) is 23.7 Å². The van der Waals surface area contributed by atoms with Crippen LogP contribution in [0.5, 0.6) is 0 Å². The maximum atomic E-state index is 2.51. The molecule has 4 rings (SSSR count). The van der Waals surface area contributed by atoms with E-state index < -0.39 is 0 Å². The van der Waals surface area contributed by atoms with Crippen LogP contribution in [0, 0.1) is 23.7 Å². The molecule has 0 aromatic carbocycles. The standard InChI is InChI=1S/C18H24/c1-2-8-14-13(7-1)15-9-3-4-11-17(15)18-12-6-5-10-16(14)18/h1-2,7-8,13,15,17-18H,3-6,9-12H2/t13-,15-,17-,18+/m1/s1. The first-order valence-corrected chi connectivity index (χ1v) is 8.03. The predicted octanol–water partition coefficient (Wildman–Crippen LogP) is 5.04. The Bertz CT molecular complexity index is 423. The molecule has 96 valence electrons. The van der Waals surface area contributed by atoms with Crippen LogP contribution in [0.2, 0.25) is 0 Å². The number of allylic oxidation sites excluding steroid dienone is 6. The third-order valence-electron chi connectivity index (χ3n) is 5.95. The van der Waals surface area contributed by atoms with E-state index in [9.17, 15) is 0 Å². The lowest BCUT2D eigenvalue weighted by Crippen LogP contribution is -2.39. The fourth-order valence-electron chi connectivity index (χ4n) is 5.26. The molecule has 4 atom stereocenters. The summed E-state index contributed by atoms with van der Waals surface area (Å²) in [6, 6.07) is 0. The van der Waals surface area contributed by atoms with Gasteiger partial charge in [0, 0.05) is 5.92 Å². The highest BCUT2D eigenvalue weighted by atomic mass is 14.5. The maximum absolute atomic E-state index is 2.51. The SMILES string of the molecule is C1=CC2=C3CCCC[C@@H]3[C@@H]3CCCC[C@@H]3[C@@H]2C=C1. The van der Waals surface area contributed by atoms with E-state index in [0.717, 1.165) is 23.7 Å². The van der Waals surface area contributed by atoms with Crippen molar-refractivity contribution in [2.75, 3.05) is 0 Å². The molecule has 4 aliphatic rings. The van der Waals surface area contributed by atoms with Gasteiger partial charge in [-0.05, 0) is 55.4 Å². The van der Waals surface area contributed by atoms with Crippen molar-refractivity contribution in [3.05, 3.63) is 35.5 Å². The second kappa shape index (κ2) is 4.40. The smallest absolute Gasteiger partial charge is 0.00518 e. The summed E-state index contributed by atoms with van der Waals surface area (Å²) < 4.78 is 0. The molecule has 18 heavy (non-hydrogen) atoms. The average Bonchev–Trinajstić information content (AvgIpc) is 2.48. The van der Waals surface area contributed by atoms with Crippen LogP contribution in [-0.2, 0) is 0 Å². The zero-order valence-corrected chi connectivity index (χ0v) is 11.3. The molecule has 4 aliphatic carbocycles. The molecule has 0 saturated heterocycles. The Morgan fingerprint density at radius 1 is 0.833 bits per heavy atom. The summed E-state index contributed by atoms with van der Waals surface area (Å²) in [6.07, 6.45) is 21.3. The van der Waals surface area contributed by atoms with Crippen LogP contribution in [0.15, 0.2) is 35.5 Å². The summed E-state index contributed by atoms with van der Waals surface area (Å²) >= 11 is 0. The number of hydrogen-bond acceptors (Lipinski definition) is 0. The summed E-state index contributed by atoms with van der Waals surface area (Å²) in [4.78, 5) is 0. The molecule has 0 N–H and O–H groups in total. The average molecular weight is 240 g/mol. The lowest BCUT2D eigenvalue weighted by Gasteiger charge is -2.49. The molecule has 0 bridgehead atoms. The van der Waals surface area contributed by atoms with Crippen LogP contribution in [0.1, 0.15) is 51.4 Å². The topological polar surface area (TPSA) is 0 Å². The highest BCUT2D eigenvalue weighted by Gasteiger charge is 2.43. The second-order valence-corrected chi connectivity index (χ2v) is 6.71. The van der Waals surface area contributed by atoms with Crippen molar-refractivity contribution in [1.29, 1.82) is 0 Å². The van der Waals surface area contributed by atoms with Gasteiger partial charge in [-0.25, -0.2) is 0 Å². The van der Waals surface area contributed by atoms with Gasteiger partial charge in [0.25, 0.3) is 0 Å². The summed E-state index contributed by atoms with van der Waals surface area (Å²) in [5.74, 6) is 3.75. The lowest BCUT2D eigenvalue weighted by molar-refractivity contribution is 0.119. The summed E-state index contributed by atoms with van der Waals surface area (Å²) in [7, 11) is 0. The maximum Gasteiger partial charge on any atom is 0.00518 e. The Morgan fingerprint density at radius 3 is 2.61 bits per heavy atom. The Morgan fingerprint density at radius 2 is 1.67 bits per heavy atom. The predicted molar refractivity (Wildman–Crippen MR) is 76.2 cm³/mol. The van der Waals surface area contributed by atoms with Crippen molar-refractivity contribution in [3.63, 3.8) is 0 Å². The molecule has 2 saturated carbocycles. The zero-order chi connectivity index (χ0) is 11.9. The molecule has 0 aliphatic heterocycles. The second-order valence-electron chi connectivity index (χ2n) is 6.71. The highest BCUT2D eigenvalue weighted by molar-refractivity contribution is 5.41. The van der Waals surface area contributed by atoms with E-state index in [-0.39, 0.29) is 0 Å². The first-order valence-electron chi connectivity index (χ1n) is 8.03. The Kier molecular flexibility index (Phi) is 2.71. The molecule has 0 radical (unpaired) electrons. The fourth-order valence-corrected chi connectivity index (χ4v) is 5.26. The van der Waals surface area contributed by atoms with E-state index in [2.05, 4.69) is 24.3 Å². The quantitative estimate of drug-likeness (QED) is 0.556. The monoisotopic (exact) mass is 240 g/mol. The van der Waals surface area contributed by atoms with Gasteiger partial charge < -0.3 is 0 Å². The molecule has 0 aromatic heterocycles.